The minimum atomic E-state index is -0.750. The molecule has 1 saturated carbocycles. The highest BCUT2D eigenvalue weighted by atomic mass is 35.5. The summed E-state index contributed by atoms with van der Waals surface area (Å²) < 4.78 is 6.15. The molecule has 5 rings (SSSR count). The van der Waals surface area contributed by atoms with Crippen LogP contribution >= 0.6 is 23.2 Å². The fourth-order valence-corrected chi connectivity index (χ4v) is 7.80. The van der Waals surface area contributed by atoms with Crippen molar-refractivity contribution in [3.63, 3.8) is 0 Å². The topological polar surface area (TPSA) is 122 Å². The number of carbonyl (C=O) groups is 2. The number of benzene rings is 2. The Kier molecular flexibility index (Phi) is 11.3. The van der Waals surface area contributed by atoms with E-state index in [9.17, 15) is 9.59 Å². The van der Waals surface area contributed by atoms with Gasteiger partial charge in [0.15, 0.2) is 5.75 Å². The van der Waals surface area contributed by atoms with Gasteiger partial charge in [-0.2, -0.15) is 0 Å². The van der Waals surface area contributed by atoms with Crippen LogP contribution in [-0.2, 0) is 4.79 Å². The predicted molar refractivity (Wildman–Crippen MR) is 197 cm³/mol. The minimum Gasteiger partial charge on any atom is -0.490 e. The highest BCUT2D eigenvalue weighted by Gasteiger charge is 2.53. The largest absolute Gasteiger partial charge is 0.490 e. The zero-order valence-electron chi connectivity index (χ0n) is 30.5. The van der Waals surface area contributed by atoms with Crippen LogP contribution in [0.3, 0.4) is 0 Å². The Balaban J connectivity index is 1.53. The fourth-order valence-electron chi connectivity index (χ4n) is 7.23. The Bertz CT molecular complexity index is 1720. The van der Waals surface area contributed by atoms with Crippen molar-refractivity contribution in [1.29, 1.82) is 0 Å². The molecule has 50 heavy (non-hydrogen) atoms. The van der Waals surface area contributed by atoms with Crippen LogP contribution in [-0.4, -0.2) is 51.9 Å². The monoisotopic (exact) mass is 722 g/mol. The van der Waals surface area contributed by atoms with Gasteiger partial charge in [-0.15, -0.1) is 4.79 Å². The van der Waals surface area contributed by atoms with Crippen molar-refractivity contribution in [2.24, 2.45) is 43.2 Å². The standard InChI is InChI=1S/C38H49Cl2N7O3/c1-23-19-24(2)21-38(20-23)42-32(27-13-14-28(39)33(31(27)40)50-18-17-37(6,7)8)35(49)47(38)29(15-16-36(3,4)5)25-9-11-26(12-10-25)34(48)41-22-30-43-45-46-44-30/h9-14,23-24,29H,15-22H2,1-8H3/p+1. The van der Waals surface area contributed by atoms with E-state index in [1.54, 1.807) is 24.3 Å². The molecule has 2 aromatic carbocycles. The van der Waals surface area contributed by atoms with Crippen molar-refractivity contribution < 1.29 is 19.1 Å². The van der Waals surface area contributed by atoms with Gasteiger partial charge in [0.05, 0.1) is 22.7 Å². The van der Waals surface area contributed by atoms with E-state index < -0.39 is 5.66 Å². The molecule has 0 radical (unpaired) electrons. The van der Waals surface area contributed by atoms with Gasteiger partial charge >= 0.3 is 5.84 Å². The van der Waals surface area contributed by atoms with Crippen LogP contribution in [0.15, 0.2) is 57.0 Å². The van der Waals surface area contributed by atoms with E-state index in [-0.39, 0.29) is 35.2 Å². The highest BCUT2D eigenvalue weighted by Crippen LogP contribution is 2.50. The number of halogens is 2. The Morgan fingerprint density at radius 2 is 1.68 bits per heavy atom. The van der Waals surface area contributed by atoms with Gasteiger partial charge in [-0.3, -0.25) is 14.6 Å². The van der Waals surface area contributed by atoms with Crippen LogP contribution in [0.5, 0.6) is 5.75 Å². The molecule has 2 aromatic rings. The molecule has 3 aliphatic rings. The van der Waals surface area contributed by atoms with Crippen molar-refractivity contribution in [3.05, 3.63) is 63.1 Å². The first-order valence-electron chi connectivity index (χ1n) is 17.6. The fraction of sp³-hybridized carbons (Fsp3) is 0.579. The van der Waals surface area contributed by atoms with E-state index >= 15 is 0 Å². The normalized spacial score (nSPS) is 22.6. The van der Waals surface area contributed by atoms with Gasteiger partial charge in [0, 0.05) is 11.1 Å². The lowest BCUT2D eigenvalue weighted by Crippen LogP contribution is -2.52. The first-order valence-corrected chi connectivity index (χ1v) is 18.3. The lowest BCUT2D eigenvalue weighted by molar-refractivity contribution is -0.134. The molecule has 1 N–H and O–H groups in total. The summed E-state index contributed by atoms with van der Waals surface area (Å²) in [4.78, 5) is 39.1. The number of rotatable bonds is 11. The number of hydrogen-bond acceptors (Lipinski definition) is 7. The quantitative estimate of drug-likeness (QED) is 0.233. The van der Waals surface area contributed by atoms with Crippen LogP contribution in [0.4, 0.5) is 0 Å². The van der Waals surface area contributed by atoms with E-state index in [2.05, 4.69) is 81.1 Å². The molecule has 2 amide bonds. The van der Waals surface area contributed by atoms with Crippen LogP contribution < -0.4 is 10.1 Å². The maximum absolute atomic E-state index is 15.0. The molecule has 1 aliphatic carbocycles. The maximum atomic E-state index is 15.0. The zero-order valence-corrected chi connectivity index (χ0v) is 32.0. The Labute approximate surface area is 305 Å². The van der Waals surface area contributed by atoms with Crippen molar-refractivity contribution in [1.82, 2.24) is 10.2 Å². The number of nitrogens with zero attached hydrogens (tertiary/aromatic N) is 6. The Morgan fingerprint density at radius 1 is 1.02 bits per heavy atom. The summed E-state index contributed by atoms with van der Waals surface area (Å²) in [6, 6.07) is 10.7. The molecule has 0 aromatic heterocycles. The number of hydrogen-bond donors (Lipinski definition) is 1. The Hall–Kier alpha value is -3.59. The van der Waals surface area contributed by atoms with Crippen LogP contribution in [0.1, 0.15) is 121 Å². The van der Waals surface area contributed by atoms with E-state index in [0.29, 0.717) is 56.9 Å². The number of nitrogens with one attached hydrogen (secondary N) is 1. The summed E-state index contributed by atoms with van der Waals surface area (Å²) in [6.07, 6.45) is 4.96. The summed E-state index contributed by atoms with van der Waals surface area (Å²) in [6.45, 7) is 18.1. The molecule has 1 spiro atoms. The van der Waals surface area contributed by atoms with Gasteiger partial charge in [0.25, 0.3) is 11.8 Å². The molecule has 268 valence electrons. The molecule has 10 nitrogen and oxygen atoms in total. The van der Waals surface area contributed by atoms with Crippen molar-refractivity contribution in [2.75, 3.05) is 13.2 Å². The van der Waals surface area contributed by atoms with E-state index in [0.717, 1.165) is 44.1 Å². The summed E-state index contributed by atoms with van der Waals surface area (Å²) >= 11 is 13.7. The molecule has 3 atom stereocenters. The van der Waals surface area contributed by atoms with Crippen LogP contribution in [0, 0.1) is 22.7 Å². The van der Waals surface area contributed by atoms with E-state index in [1.807, 2.05) is 17.0 Å². The predicted octanol–water partition coefficient (Wildman–Crippen LogP) is 9.33. The molecule has 2 heterocycles. The van der Waals surface area contributed by atoms with Gasteiger partial charge in [-0.1, -0.05) is 90.7 Å². The number of amidine groups is 1. The molecule has 3 unspecified atom stereocenters. The van der Waals surface area contributed by atoms with Crippen LogP contribution in [0.2, 0.25) is 10.0 Å². The Morgan fingerprint density at radius 3 is 2.28 bits per heavy atom. The average Bonchev–Trinajstić information content (AvgIpc) is 3.63. The zero-order chi connectivity index (χ0) is 36.4. The van der Waals surface area contributed by atoms with Gasteiger partial charge in [-0.05, 0) is 91.0 Å². The number of carbonyl (C=O) groups excluding carboxylic acids is 2. The number of aliphatic imine (C=N–C) groups is 1. The molecule has 2 aliphatic heterocycles. The summed E-state index contributed by atoms with van der Waals surface area (Å²) in [5, 5.41) is 14.2. The molecular weight excluding hydrogens is 673 g/mol. The van der Waals surface area contributed by atoms with Gasteiger partial charge in [0.1, 0.15) is 23.0 Å². The summed E-state index contributed by atoms with van der Waals surface area (Å²) in [5.41, 5.74) is 1.64. The third-order valence-corrected chi connectivity index (χ3v) is 10.2. The van der Waals surface area contributed by atoms with Gasteiger partial charge in [0.2, 0.25) is 10.4 Å². The third-order valence-electron chi connectivity index (χ3n) is 9.55. The second-order valence-electron chi connectivity index (χ2n) is 16.6. The minimum absolute atomic E-state index is 0.0240. The maximum Gasteiger partial charge on any atom is 0.415 e. The van der Waals surface area contributed by atoms with Gasteiger partial charge in [-0.25, -0.2) is 0 Å². The SMILES string of the molecule is CC1CC(C)CC2(C1)N=C(c1ccc(Cl)c(OCCC(C)(C)C)c1Cl)C(=O)N2C(CCC(C)(C)C)c1ccc(C(=O)NCC2=[N+]=NN=N2)cc1. The first kappa shape index (κ1) is 37.7. The van der Waals surface area contributed by atoms with Gasteiger partial charge < -0.3 is 15.0 Å². The van der Waals surface area contributed by atoms with E-state index in [4.69, 9.17) is 32.9 Å². The second-order valence-corrected chi connectivity index (χ2v) is 17.4. The lowest BCUT2D eigenvalue weighted by Gasteiger charge is -2.47. The summed E-state index contributed by atoms with van der Waals surface area (Å²) in [5.74, 6) is 1.01. The van der Waals surface area contributed by atoms with Crippen LogP contribution in [0.25, 0.3) is 0 Å². The lowest BCUT2D eigenvalue weighted by atomic mass is 9.75. The summed E-state index contributed by atoms with van der Waals surface area (Å²) in [7, 11) is 0. The van der Waals surface area contributed by atoms with E-state index in [1.165, 1.54) is 0 Å². The number of amides is 2. The molecule has 1 fully saturated rings. The van der Waals surface area contributed by atoms with Crippen molar-refractivity contribution in [2.45, 2.75) is 106 Å². The third kappa shape index (κ3) is 8.82. The van der Waals surface area contributed by atoms with Crippen molar-refractivity contribution >= 4 is 46.6 Å². The second kappa shape index (κ2) is 14.9. The molecular formula is C38H50Cl2N7O3+. The molecule has 12 heteroatoms. The van der Waals surface area contributed by atoms with Crippen molar-refractivity contribution in [3.8, 4) is 5.75 Å². The highest BCUT2D eigenvalue weighted by molar-refractivity contribution is 6.51. The number of ether oxygens (including phenoxy) is 1. The average molecular weight is 724 g/mol. The molecule has 0 bridgehead atoms. The first-order chi connectivity index (χ1) is 23.5. The molecule has 0 saturated heterocycles. The smallest absolute Gasteiger partial charge is 0.415 e.